The van der Waals surface area contributed by atoms with E-state index in [0.29, 0.717) is 23.6 Å². The summed E-state index contributed by atoms with van der Waals surface area (Å²) in [5, 5.41) is 15.2. The second-order valence-corrected chi connectivity index (χ2v) is 7.62. The van der Waals surface area contributed by atoms with Crippen molar-refractivity contribution in [2.45, 2.75) is 12.6 Å². The van der Waals surface area contributed by atoms with Gasteiger partial charge >= 0.3 is 0 Å². The number of nitrogens with one attached hydrogen (secondary N) is 1. The third kappa shape index (κ3) is 3.90. The molecule has 2 aromatic heterocycles. The molecule has 0 spiro atoms. The Morgan fingerprint density at radius 2 is 1.81 bits per heavy atom. The molecule has 1 unspecified atom stereocenters. The van der Waals surface area contributed by atoms with Crippen molar-refractivity contribution >= 4 is 28.6 Å². The predicted octanol–water partition coefficient (Wildman–Crippen LogP) is 3.84. The topological polar surface area (TPSA) is 67.8 Å². The van der Waals surface area contributed by atoms with Crippen LogP contribution in [-0.4, -0.2) is 25.2 Å². The van der Waals surface area contributed by atoms with Crippen LogP contribution in [0.4, 0.5) is 0 Å². The fourth-order valence-corrected chi connectivity index (χ4v) is 4.31. The van der Waals surface area contributed by atoms with Crippen LogP contribution in [0.25, 0.3) is 0 Å². The van der Waals surface area contributed by atoms with Crippen LogP contribution in [0.2, 0.25) is 0 Å². The van der Waals surface area contributed by atoms with Crippen molar-refractivity contribution in [3.05, 3.63) is 68.0 Å². The lowest BCUT2D eigenvalue weighted by Gasteiger charge is -2.12. The van der Waals surface area contributed by atoms with E-state index in [1.54, 1.807) is 18.2 Å². The lowest BCUT2D eigenvalue weighted by atomic mass is 10.1. The molecular weight excluding hydrogens is 370 g/mol. The summed E-state index contributed by atoms with van der Waals surface area (Å²) in [6.07, 6.45) is -0.626. The molecule has 3 rings (SSSR count). The Labute approximate surface area is 159 Å². The zero-order valence-corrected chi connectivity index (χ0v) is 16.0. The molecule has 0 saturated carbocycles. The molecule has 136 valence electrons. The number of hydrogen-bond donors (Lipinski definition) is 2. The number of benzene rings is 1. The minimum atomic E-state index is -0.626. The number of amides is 1. The number of thiophene rings is 2. The molecule has 1 amide bonds. The quantitative estimate of drug-likeness (QED) is 0.644. The maximum Gasteiger partial charge on any atom is 0.259 e. The van der Waals surface area contributed by atoms with E-state index in [-0.39, 0.29) is 5.91 Å². The van der Waals surface area contributed by atoms with E-state index in [1.807, 2.05) is 29.6 Å². The van der Waals surface area contributed by atoms with Gasteiger partial charge in [0.2, 0.25) is 0 Å². The molecule has 2 N–H and O–H groups in total. The molecule has 1 aromatic carbocycles. The average molecular weight is 389 g/mol. The second kappa shape index (κ2) is 8.35. The van der Waals surface area contributed by atoms with Crippen LogP contribution in [0.15, 0.2) is 47.8 Å². The first kappa shape index (κ1) is 18.4. The SMILES string of the molecule is COc1cccc(OC)c1C(=O)NCc1ccc(C(O)c2cccs2)s1. The summed E-state index contributed by atoms with van der Waals surface area (Å²) >= 11 is 2.99. The number of carbonyl (C=O) groups is 1. The van der Waals surface area contributed by atoms with E-state index >= 15 is 0 Å². The van der Waals surface area contributed by atoms with E-state index in [0.717, 1.165) is 14.6 Å². The Morgan fingerprint density at radius 3 is 2.42 bits per heavy atom. The molecule has 0 fully saturated rings. The van der Waals surface area contributed by atoms with Gasteiger partial charge in [-0.1, -0.05) is 12.1 Å². The van der Waals surface area contributed by atoms with E-state index in [9.17, 15) is 9.90 Å². The maximum absolute atomic E-state index is 12.6. The van der Waals surface area contributed by atoms with Gasteiger partial charge in [0.1, 0.15) is 23.2 Å². The molecule has 1 atom stereocenters. The van der Waals surface area contributed by atoms with E-state index in [4.69, 9.17) is 9.47 Å². The van der Waals surface area contributed by atoms with Gasteiger partial charge in [-0.05, 0) is 35.7 Å². The molecule has 3 aromatic rings. The average Bonchev–Trinajstić information content (AvgIpc) is 3.36. The lowest BCUT2D eigenvalue weighted by molar-refractivity contribution is 0.0945. The fourth-order valence-electron chi connectivity index (χ4n) is 2.55. The van der Waals surface area contributed by atoms with Crippen LogP contribution in [0.1, 0.15) is 31.1 Å². The zero-order chi connectivity index (χ0) is 18.5. The number of aliphatic hydroxyl groups excluding tert-OH is 1. The summed E-state index contributed by atoms with van der Waals surface area (Å²) in [4.78, 5) is 15.3. The highest BCUT2D eigenvalue weighted by atomic mass is 32.1. The molecule has 7 heteroatoms. The number of ether oxygens (including phenoxy) is 2. The van der Waals surface area contributed by atoms with Crippen molar-refractivity contribution in [1.29, 1.82) is 0 Å². The number of hydrogen-bond acceptors (Lipinski definition) is 6. The van der Waals surface area contributed by atoms with Crippen molar-refractivity contribution in [2.24, 2.45) is 0 Å². The monoisotopic (exact) mass is 389 g/mol. The normalized spacial score (nSPS) is 11.8. The summed E-state index contributed by atoms with van der Waals surface area (Å²) in [6, 6.07) is 12.8. The van der Waals surface area contributed by atoms with Crippen LogP contribution in [0.5, 0.6) is 11.5 Å². The number of rotatable bonds is 7. The minimum absolute atomic E-state index is 0.270. The van der Waals surface area contributed by atoms with Gasteiger partial charge in [0.25, 0.3) is 5.91 Å². The van der Waals surface area contributed by atoms with Gasteiger partial charge in [0.05, 0.1) is 20.8 Å². The first-order valence-electron chi connectivity index (χ1n) is 7.93. The second-order valence-electron chi connectivity index (χ2n) is 5.44. The van der Waals surface area contributed by atoms with Gasteiger partial charge in [-0.2, -0.15) is 0 Å². The van der Waals surface area contributed by atoms with Crippen molar-refractivity contribution < 1.29 is 19.4 Å². The minimum Gasteiger partial charge on any atom is -0.496 e. The van der Waals surface area contributed by atoms with Crippen molar-refractivity contribution in [2.75, 3.05) is 14.2 Å². The maximum atomic E-state index is 12.6. The third-order valence-corrected chi connectivity index (χ3v) is 5.91. The van der Waals surface area contributed by atoms with Gasteiger partial charge in [0.15, 0.2) is 0 Å². The van der Waals surface area contributed by atoms with Gasteiger partial charge in [-0.3, -0.25) is 4.79 Å². The molecule has 0 radical (unpaired) electrons. The largest absolute Gasteiger partial charge is 0.496 e. The summed E-state index contributed by atoms with van der Waals surface area (Å²) in [5.41, 5.74) is 0.368. The summed E-state index contributed by atoms with van der Waals surface area (Å²) in [6.45, 7) is 0.363. The molecule has 0 aliphatic heterocycles. The summed E-state index contributed by atoms with van der Waals surface area (Å²) in [5.74, 6) is 0.650. The highest BCUT2D eigenvalue weighted by Crippen LogP contribution is 2.31. The van der Waals surface area contributed by atoms with E-state index < -0.39 is 6.10 Å². The van der Waals surface area contributed by atoms with Crippen molar-refractivity contribution in [3.63, 3.8) is 0 Å². The Bertz CT molecular complexity index is 851. The van der Waals surface area contributed by atoms with E-state index in [2.05, 4.69) is 5.32 Å². The first-order chi connectivity index (χ1) is 12.6. The van der Waals surface area contributed by atoms with Crippen LogP contribution < -0.4 is 14.8 Å². The number of aliphatic hydroxyl groups is 1. The highest BCUT2D eigenvalue weighted by molar-refractivity contribution is 7.12. The molecule has 5 nitrogen and oxygen atoms in total. The zero-order valence-electron chi connectivity index (χ0n) is 14.4. The Kier molecular flexibility index (Phi) is 5.92. The van der Waals surface area contributed by atoms with Crippen LogP contribution >= 0.6 is 22.7 Å². The smallest absolute Gasteiger partial charge is 0.259 e. The molecule has 0 saturated heterocycles. The highest BCUT2D eigenvalue weighted by Gasteiger charge is 2.19. The molecule has 26 heavy (non-hydrogen) atoms. The van der Waals surface area contributed by atoms with Gasteiger partial charge in [-0.15, -0.1) is 22.7 Å². The van der Waals surface area contributed by atoms with Gasteiger partial charge < -0.3 is 19.9 Å². The standard InChI is InChI=1S/C19H19NO4S2/c1-23-13-5-3-6-14(24-2)17(13)19(22)20-11-12-8-9-16(26-12)18(21)15-7-4-10-25-15/h3-10,18,21H,11H2,1-2H3,(H,20,22). The molecule has 2 heterocycles. The number of methoxy groups -OCH3 is 2. The van der Waals surface area contributed by atoms with E-state index in [1.165, 1.54) is 36.9 Å². The lowest BCUT2D eigenvalue weighted by Crippen LogP contribution is -2.23. The third-order valence-electron chi connectivity index (χ3n) is 3.84. The Hall–Kier alpha value is -2.35. The molecule has 0 bridgehead atoms. The Balaban J connectivity index is 1.69. The molecular formula is C19H19NO4S2. The predicted molar refractivity (Wildman–Crippen MR) is 103 cm³/mol. The van der Waals surface area contributed by atoms with Crippen LogP contribution in [0.3, 0.4) is 0 Å². The van der Waals surface area contributed by atoms with Crippen LogP contribution in [-0.2, 0) is 6.54 Å². The fraction of sp³-hybridized carbons (Fsp3) is 0.211. The van der Waals surface area contributed by atoms with Crippen LogP contribution in [0, 0.1) is 0 Å². The van der Waals surface area contributed by atoms with Gasteiger partial charge in [0, 0.05) is 14.6 Å². The molecule has 0 aliphatic carbocycles. The first-order valence-corrected chi connectivity index (χ1v) is 9.63. The van der Waals surface area contributed by atoms with Gasteiger partial charge in [-0.25, -0.2) is 0 Å². The van der Waals surface area contributed by atoms with Crippen molar-refractivity contribution in [3.8, 4) is 11.5 Å². The summed E-state index contributed by atoms with van der Waals surface area (Å²) < 4.78 is 10.5. The number of carbonyl (C=O) groups excluding carboxylic acids is 1. The molecule has 0 aliphatic rings. The Morgan fingerprint density at radius 1 is 1.08 bits per heavy atom. The van der Waals surface area contributed by atoms with Crippen molar-refractivity contribution in [1.82, 2.24) is 5.32 Å². The summed E-state index contributed by atoms with van der Waals surface area (Å²) in [7, 11) is 3.03.